The lowest BCUT2D eigenvalue weighted by molar-refractivity contribution is 0.274. The molecule has 2 rings (SSSR count). The van der Waals surface area contributed by atoms with Crippen LogP contribution in [0.2, 0.25) is 0 Å². The summed E-state index contributed by atoms with van der Waals surface area (Å²) in [6.07, 6.45) is 5.50. The smallest absolute Gasteiger partial charge is 0.168 e. The summed E-state index contributed by atoms with van der Waals surface area (Å²) in [6.45, 7) is 0. The van der Waals surface area contributed by atoms with Crippen LogP contribution in [0.1, 0.15) is 31.2 Å². The monoisotopic (exact) mass is 237 g/mol. The molecule has 94 valence electrons. The van der Waals surface area contributed by atoms with Crippen molar-refractivity contribution in [1.29, 1.82) is 0 Å². The van der Waals surface area contributed by atoms with Gasteiger partial charge >= 0.3 is 0 Å². The zero-order chi connectivity index (χ0) is 12.3. The number of nitrogens with two attached hydrogens (primary N) is 1. The highest BCUT2D eigenvalue weighted by Gasteiger charge is 2.21. The van der Waals surface area contributed by atoms with Crippen LogP contribution >= 0.6 is 0 Å². The highest BCUT2D eigenvalue weighted by Crippen LogP contribution is 2.31. The number of methoxy groups -OCH3 is 1. The minimum Gasteiger partial charge on any atom is -0.494 e. The lowest BCUT2D eigenvalue weighted by Crippen LogP contribution is -2.29. The number of hydrogen-bond donors (Lipinski definition) is 1. The third-order valence-corrected chi connectivity index (χ3v) is 3.61. The highest BCUT2D eigenvalue weighted by molar-refractivity contribution is 5.31. The third-order valence-electron chi connectivity index (χ3n) is 3.61. The molecule has 1 atom stereocenters. The molecule has 2 N–H and O–H groups in total. The summed E-state index contributed by atoms with van der Waals surface area (Å²) in [5.74, 6) is 0.802. The van der Waals surface area contributed by atoms with Gasteiger partial charge in [-0.3, -0.25) is 0 Å². The number of rotatable bonds is 5. The molecule has 1 fully saturated rings. The van der Waals surface area contributed by atoms with Gasteiger partial charge < -0.3 is 10.5 Å². The molecule has 1 aromatic carbocycles. The molecule has 0 aliphatic heterocycles. The van der Waals surface area contributed by atoms with Crippen LogP contribution in [0.25, 0.3) is 0 Å². The van der Waals surface area contributed by atoms with E-state index in [0.717, 1.165) is 12.3 Å². The van der Waals surface area contributed by atoms with E-state index in [-0.39, 0.29) is 11.9 Å². The molecule has 3 heteroatoms. The maximum Gasteiger partial charge on any atom is 0.168 e. The largest absolute Gasteiger partial charge is 0.494 e. The Morgan fingerprint density at radius 2 is 2.24 bits per heavy atom. The number of benzene rings is 1. The Morgan fingerprint density at radius 3 is 2.82 bits per heavy atom. The van der Waals surface area contributed by atoms with Gasteiger partial charge in [-0.2, -0.15) is 0 Å². The molecule has 2 nitrogen and oxygen atoms in total. The molecular formula is C14H20FNO. The van der Waals surface area contributed by atoms with Gasteiger partial charge in [0.15, 0.2) is 11.6 Å². The Balaban J connectivity index is 1.97. The van der Waals surface area contributed by atoms with Gasteiger partial charge in [0.2, 0.25) is 0 Å². The average Bonchev–Trinajstić information content (AvgIpc) is 2.27. The van der Waals surface area contributed by atoms with Crippen LogP contribution in [-0.4, -0.2) is 13.2 Å². The van der Waals surface area contributed by atoms with Gasteiger partial charge in [-0.25, -0.2) is 4.39 Å². The van der Waals surface area contributed by atoms with E-state index in [1.165, 1.54) is 26.4 Å². The fourth-order valence-electron chi connectivity index (χ4n) is 2.39. The Bertz CT molecular complexity index is 376. The van der Waals surface area contributed by atoms with Gasteiger partial charge in [-0.05, 0) is 30.4 Å². The molecule has 0 spiro atoms. The second kappa shape index (κ2) is 5.50. The van der Waals surface area contributed by atoms with E-state index in [1.807, 2.05) is 6.07 Å². The van der Waals surface area contributed by atoms with Gasteiger partial charge in [0.1, 0.15) is 0 Å². The molecule has 1 aliphatic carbocycles. The Hall–Kier alpha value is -1.09. The SMILES string of the molecule is COc1cccc(CC(N)CC2CCC2)c1F. The van der Waals surface area contributed by atoms with Crippen molar-refractivity contribution in [2.75, 3.05) is 7.11 Å². The predicted molar refractivity (Wildman–Crippen MR) is 66.6 cm³/mol. The van der Waals surface area contributed by atoms with Crippen molar-refractivity contribution in [2.24, 2.45) is 11.7 Å². The van der Waals surface area contributed by atoms with Crippen LogP contribution in [0.15, 0.2) is 18.2 Å². The van der Waals surface area contributed by atoms with E-state index in [9.17, 15) is 4.39 Å². The first kappa shape index (κ1) is 12.4. The standard InChI is InChI=1S/C14H20FNO/c1-17-13-7-3-6-11(14(13)15)9-12(16)8-10-4-2-5-10/h3,6-7,10,12H,2,4-5,8-9,16H2,1H3. The molecule has 1 saturated carbocycles. The van der Waals surface area contributed by atoms with Crippen molar-refractivity contribution in [3.05, 3.63) is 29.6 Å². The van der Waals surface area contributed by atoms with E-state index in [4.69, 9.17) is 10.5 Å². The van der Waals surface area contributed by atoms with Gasteiger partial charge in [0.25, 0.3) is 0 Å². The summed E-state index contributed by atoms with van der Waals surface area (Å²) < 4.78 is 18.9. The average molecular weight is 237 g/mol. The number of hydrogen-bond acceptors (Lipinski definition) is 2. The minimum absolute atomic E-state index is 0.0573. The number of halogens is 1. The van der Waals surface area contributed by atoms with Crippen molar-refractivity contribution in [3.8, 4) is 5.75 Å². The Morgan fingerprint density at radius 1 is 1.47 bits per heavy atom. The quantitative estimate of drug-likeness (QED) is 0.854. The maximum atomic E-state index is 13.9. The predicted octanol–water partition coefficient (Wildman–Crippen LogP) is 2.89. The minimum atomic E-state index is -0.265. The molecule has 1 aliphatic rings. The third kappa shape index (κ3) is 2.97. The summed E-state index contributed by atoms with van der Waals surface area (Å²) in [5, 5.41) is 0. The van der Waals surface area contributed by atoms with E-state index in [0.29, 0.717) is 17.7 Å². The Labute approximate surface area is 102 Å². The van der Waals surface area contributed by atoms with Crippen LogP contribution in [0.3, 0.4) is 0 Å². The second-order valence-corrected chi connectivity index (χ2v) is 4.93. The highest BCUT2D eigenvalue weighted by atomic mass is 19.1. The fourth-order valence-corrected chi connectivity index (χ4v) is 2.39. The molecule has 1 unspecified atom stereocenters. The molecule has 1 aromatic rings. The first-order valence-electron chi connectivity index (χ1n) is 6.27. The Kier molecular flexibility index (Phi) is 4.00. The molecule has 0 bridgehead atoms. The first-order chi connectivity index (χ1) is 8.20. The van der Waals surface area contributed by atoms with Gasteiger partial charge in [-0.1, -0.05) is 31.4 Å². The lowest BCUT2D eigenvalue weighted by atomic mass is 9.80. The van der Waals surface area contributed by atoms with Crippen LogP contribution < -0.4 is 10.5 Å². The topological polar surface area (TPSA) is 35.2 Å². The summed E-state index contributed by atoms with van der Waals surface area (Å²) in [6, 6.07) is 5.30. The normalized spacial score (nSPS) is 17.6. The molecule has 0 aromatic heterocycles. The van der Waals surface area contributed by atoms with Crippen LogP contribution in [-0.2, 0) is 6.42 Å². The van der Waals surface area contributed by atoms with E-state index in [1.54, 1.807) is 12.1 Å². The molecule has 0 amide bonds. The van der Waals surface area contributed by atoms with E-state index < -0.39 is 0 Å². The summed E-state index contributed by atoms with van der Waals surface area (Å²) in [5.41, 5.74) is 6.73. The second-order valence-electron chi connectivity index (χ2n) is 4.93. The first-order valence-corrected chi connectivity index (χ1v) is 6.27. The van der Waals surface area contributed by atoms with Crippen LogP contribution in [0.5, 0.6) is 5.75 Å². The van der Waals surface area contributed by atoms with Crippen molar-refractivity contribution in [1.82, 2.24) is 0 Å². The molecular weight excluding hydrogens is 217 g/mol. The number of ether oxygens (including phenoxy) is 1. The summed E-state index contributed by atoms with van der Waals surface area (Å²) in [7, 11) is 1.48. The summed E-state index contributed by atoms with van der Waals surface area (Å²) in [4.78, 5) is 0. The van der Waals surface area contributed by atoms with Gasteiger partial charge in [-0.15, -0.1) is 0 Å². The molecule has 0 heterocycles. The molecule has 0 saturated heterocycles. The van der Waals surface area contributed by atoms with Crippen molar-refractivity contribution >= 4 is 0 Å². The van der Waals surface area contributed by atoms with Crippen molar-refractivity contribution < 1.29 is 9.13 Å². The van der Waals surface area contributed by atoms with Gasteiger partial charge in [0, 0.05) is 6.04 Å². The molecule has 17 heavy (non-hydrogen) atoms. The molecule has 0 radical (unpaired) electrons. The van der Waals surface area contributed by atoms with E-state index >= 15 is 0 Å². The van der Waals surface area contributed by atoms with Crippen molar-refractivity contribution in [3.63, 3.8) is 0 Å². The van der Waals surface area contributed by atoms with Crippen LogP contribution in [0.4, 0.5) is 4.39 Å². The van der Waals surface area contributed by atoms with Gasteiger partial charge in [0.05, 0.1) is 7.11 Å². The van der Waals surface area contributed by atoms with Crippen molar-refractivity contribution in [2.45, 2.75) is 38.1 Å². The zero-order valence-corrected chi connectivity index (χ0v) is 10.3. The van der Waals surface area contributed by atoms with Crippen LogP contribution in [0, 0.1) is 11.7 Å². The van der Waals surface area contributed by atoms with E-state index in [2.05, 4.69) is 0 Å². The zero-order valence-electron chi connectivity index (χ0n) is 10.3. The fraction of sp³-hybridized carbons (Fsp3) is 0.571. The summed E-state index contributed by atoms with van der Waals surface area (Å²) >= 11 is 0. The lowest BCUT2D eigenvalue weighted by Gasteiger charge is -2.28. The maximum absolute atomic E-state index is 13.9.